The van der Waals surface area contributed by atoms with Gasteiger partial charge in [0.05, 0.1) is 0 Å². The van der Waals surface area contributed by atoms with Gasteiger partial charge in [0, 0.05) is 6.04 Å². The predicted molar refractivity (Wildman–Crippen MR) is 75.4 cm³/mol. The Labute approximate surface area is 117 Å². The molecule has 0 aromatic carbocycles. The van der Waals surface area contributed by atoms with Gasteiger partial charge in [-0.2, -0.15) is 11.3 Å². The van der Waals surface area contributed by atoms with Crippen LogP contribution in [0.1, 0.15) is 26.3 Å². The minimum absolute atomic E-state index is 0.0452. The molecule has 0 spiro atoms. The largest absolute Gasteiger partial charge is 0.480 e. The van der Waals surface area contributed by atoms with Gasteiger partial charge in [-0.25, -0.2) is 9.59 Å². The van der Waals surface area contributed by atoms with Crippen LogP contribution < -0.4 is 10.6 Å². The molecular weight excluding hydrogens is 264 g/mol. The lowest BCUT2D eigenvalue weighted by atomic mass is 10.1. The number of carbonyl (C=O) groups excluding carboxylic acids is 1. The van der Waals surface area contributed by atoms with Crippen molar-refractivity contribution < 1.29 is 14.7 Å². The Bertz CT molecular complexity index is 418. The molecule has 2 atom stereocenters. The Hall–Kier alpha value is -1.56. The molecule has 2 amide bonds. The van der Waals surface area contributed by atoms with Crippen LogP contribution in [0.15, 0.2) is 16.8 Å². The monoisotopic (exact) mass is 284 g/mol. The highest BCUT2D eigenvalue weighted by Gasteiger charge is 2.23. The molecule has 19 heavy (non-hydrogen) atoms. The fraction of sp³-hybridized carbons (Fsp3) is 0.538. The molecule has 0 radical (unpaired) electrons. The number of rotatable bonds is 6. The third kappa shape index (κ3) is 5.30. The molecule has 0 aliphatic carbocycles. The molecule has 0 fully saturated rings. The van der Waals surface area contributed by atoms with Crippen LogP contribution in [-0.2, 0) is 11.2 Å². The smallest absolute Gasteiger partial charge is 0.326 e. The number of hydrogen-bond acceptors (Lipinski definition) is 3. The Morgan fingerprint density at radius 2 is 2.00 bits per heavy atom. The normalized spacial score (nSPS) is 13.9. The molecule has 1 heterocycles. The average Bonchev–Trinajstić information content (AvgIpc) is 2.77. The third-order valence-electron chi connectivity index (χ3n) is 2.72. The zero-order chi connectivity index (χ0) is 14.4. The van der Waals surface area contributed by atoms with Crippen molar-refractivity contribution in [3.63, 3.8) is 0 Å². The molecule has 0 bridgehead atoms. The van der Waals surface area contributed by atoms with Crippen LogP contribution in [0.3, 0.4) is 0 Å². The fourth-order valence-electron chi connectivity index (χ4n) is 1.73. The Kier molecular flexibility index (Phi) is 5.82. The van der Waals surface area contributed by atoms with Crippen LogP contribution >= 0.6 is 11.3 Å². The maximum Gasteiger partial charge on any atom is 0.326 e. The summed E-state index contributed by atoms with van der Waals surface area (Å²) < 4.78 is 0. The van der Waals surface area contributed by atoms with Gasteiger partial charge in [0.2, 0.25) is 0 Å². The van der Waals surface area contributed by atoms with E-state index in [2.05, 4.69) is 10.6 Å². The SMILES string of the molecule is CC(Cc1ccsc1)NC(=O)N[C@@H](C(=O)O)C(C)C. The van der Waals surface area contributed by atoms with Crippen LogP contribution in [-0.4, -0.2) is 29.2 Å². The summed E-state index contributed by atoms with van der Waals surface area (Å²) in [7, 11) is 0. The molecule has 1 aromatic rings. The number of carbonyl (C=O) groups is 2. The zero-order valence-electron chi connectivity index (χ0n) is 11.3. The van der Waals surface area contributed by atoms with E-state index >= 15 is 0 Å². The number of amides is 2. The van der Waals surface area contributed by atoms with E-state index in [1.165, 1.54) is 0 Å². The number of aliphatic carboxylic acids is 1. The van der Waals surface area contributed by atoms with Gasteiger partial charge in [-0.3, -0.25) is 0 Å². The summed E-state index contributed by atoms with van der Waals surface area (Å²) >= 11 is 1.61. The van der Waals surface area contributed by atoms with Crippen molar-refractivity contribution >= 4 is 23.3 Å². The van der Waals surface area contributed by atoms with E-state index in [1.54, 1.807) is 25.2 Å². The summed E-state index contributed by atoms with van der Waals surface area (Å²) in [6.07, 6.45) is 0.732. The standard InChI is InChI=1S/C13H20N2O3S/c1-8(2)11(12(16)17)15-13(18)14-9(3)6-10-4-5-19-7-10/h4-5,7-9,11H,6H2,1-3H3,(H,16,17)(H2,14,15,18)/t9?,11-/m1/s1. The van der Waals surface area contributed by atoms with Crippen molar-refractivity contribution in [2.45, 2.75) is 39.3 Å². The molecule has 3 N–H and O–H groups in total. The van der Waals surface area contributed by atoms with Crippen molar-refractivity contribution in [3.8, 4) is 0 Å². The van der Waals surface area contributed by atoms with Gasteiger partial charge >= 0.3 is 12.0 Å². The molecule has 0 aliphatic rings. The zero-order valence-corrected chi connectivity index (χ0v) is 12.2. The summed E-state index contributed by atoms with van der Waals surface area (Å²) in [6, 6.07) is 0.656. The van der Waals surface area contributed by atoms with E-state index in [9.17, 15) is 9.59 Å². The fourth-order valence-corrected chi connectivity index (χ4v) is 2.42. The van der Waals surface area contributed by atoms with Crippen LogP contribution in [0, 0.1) is 5.92 Å². The van der Waals surface area contributed by atoms with Gasteiger partial charge in [-0.1, -0.05) is 13.8 Å². The van der Waals surface area contributed by atoms with Crippen LogP contribution in [0.5, 0.6) is 0 Å². The van der Waals surface area contributed by atoms with Crippen molar-refractivity contribution in [2.75, 3.05) is 0 Å². The number of nitrogens with one attached hydrogen (secondary N) is 2. The molecule has 1 rings (SSSR count). The first-order valence-electron chi connectivity index (χ1n) is 6.21. The second-order valence-electron chi connectivity index (χ2n) is 4.91. The summed E-state index contributed by atoms with van der Waals surface area (Å²) in [4.78, 5) is 22.7. The van der Waals surface area contributed by atoms with Crippen molar-refractivity contribution in [2.24, 2.45) is 5.92 Å². The first kappa shape index (κ1) is 15.5. The van der Waals surface area contributed by atoms with E-state index in [0.717, 1.165) is 12.0 Å². The van der Waals surface area contributed by atoms with Crippen LogP contribution in [0.2, 0.25) is 0 Å². The van der Waals surface area contributed by atoms with Gasteiger partial charge in [0.25, 0.3) is 0 Å². The summed E-state index contributed by atoms with van der Waals surface area (Å²) in [5.41, 5.74) is 1.16. The Morgan fingerprint density at radius 1 is 1.32 bits per heavy atom. The average molecular weight is 284 g/mol. The summed E-state index contributed by atoms with van der Waals surface area (Å²) in [6.45, 7) is 5.41. The first-order valence-corrected chi connectivity index (χ1v) is 7.15. The number of hydrogen-bond donors (Lipinski definition) is 3. The third-order valence-corrected chi connectivity index (χ3v) is 3.45. The quantitative estimate of drug-likeness (QED) is 0.748. The van der Waals surface area contributed by atoms with E-state index in [-0.39, 0.29) is 12.0 Å². The number of carboxylic acids is 1. The molecule has 0 saturated carbocycles. The maximum atomic E-state index is 11.7. The maximum absolute atomic E-state index is 11.7. The van der Waals surface area contributed by atoms with Gasteiger partial charge < -0.3 is 15.7 Å². The molecule has 6 heteroatoms. The highest BCUT2D eigenvalue weighted by Crippen LogP contribution is 2.08. The van der Waals surface area contributed by atoms with E-state index < -0.39 is 18.0 Å². The number of carboxylic acid groups (broad SMARTS) is 1. The molecule has 106 valence electrons. The van der Waals surface area contributed by atoms with Gasteiger partial charge in [0.1, 0.15) is 6.04 Å². The molecule has 0 saturated heterocycles. The summed E-state index contributed by atoms with van der Waals surface area (Å²) in [5, 5.41) is 18.2. The highest BCUT2D eigenvalue weighted by atomic mass is 32.1. The van der Waals surface area contributed by atoms with Crippen molar-refractivity contribution in [1.82, 2.24) is 10.6 Å². The lowest BCUT2D eigenvalue weighted by Gasteiger charge is -2.20. The Balaban J connectivity index is 2.43. The van der Waals surface area contributed by atoms with Crippen molar-refractivity contribution in [3.05, 3.63) is 22.4 Å². The van der Waals surface area contributed by atoms with Gasteiger partial charge in [-0.05, 0) is 41.7 Å². The topological polar surface area (TPSA) is 78.4 Å². The lowest BCUT2D eigenvalue weighted by Crippen LogP contribution is -2.50. The minimum Gasteiger partial charge on any atom is -0.480 e. The van der Waals surface area contributed by atoms with E-state index in [0.29, 0.717) is 0 Å². The highest BCUT2D eigenvalue weighted by molar-refractivity contribution is 7.07. The molecular formula is C13H20N2O3S. The molecule has 1 aromatic heterocycles. The minimum atomic E-state index is -1.02. The predicted octanol–water partition coefficient (Wildman–Crippen LogP) is 2.09. The van der Waals surface area contributed by atoms with Gasteiger partial charge in [0.15, 0.2) is 0 Å². The van der Waals surface area contributed by atoms with Crippen LogP contribution in [0.25, 0.3) is 0 Å². The number of urea groups is 1. The molecule has 1 unspecified atom stereocenters. The van der Waals surface area contributed by atoms with Gasteiger partial charge in [-0.15, -0.1) is 0 Å². The van der Waals surface area contributed by atoms with Crippen molar-refractivity contribution in [1.29, 1.82) is 0 Å². The lowest BCUT2D eigenvalue weighted by molar-refractivity contribution is -0.140. The van der Waals surface area contributed by atoms with E-state index in [4.69, 9.17) is 5.11 Å². The Morgan fingerprint density at radius 3 is 2.47 bits per heavy atom. The first-order chi connectivity index (χ1) is 8.90. The number of thiophene rings is 1. The second kappa shape index (κ2) is 7.13. The van der Waals surface area contributed by atoms with E-state index in [1.807, 2.05) is 23.8 Å². The van der Waals surface area contributed by atoms with Crippen LogP contribution in [0.4, 0.5) is 4.79 Å². The molecule has 0 aliphatic heterocycles. The summed E-state index contributed by atoms with van der Waals surface area (Å²) in [5.74, 6) is -1.17. The second-order valence-corrected chi connectivity index (χ2v) is 5.69. The molecule has 5 nitrogen and oxygen atoms in total.